The molecule has 2 fully saturated rings. The molecular formula is C17H23F3N2O5. The zero-order chi connectivity index (χ0) is 20.2. The van der Waals surface area contributed by atoms with Crippen LogP contribution in [0.1, 0.15) is 31.3 Å². The number of rotatable bonds is 2. The summed E-state index contributed by atoms with van der Waals surface area (Å²) in [4.78, 5) is 22.6. The van der Waals surface area contributed by atoms with E-state index in [0.717, 1.165) is 44.0 Å². The van der Waals surface area contributed by atoms with Crippen LogP contribution in [-0.4, -0.2) is 59.4 Å². The number of carboxylic acids is 1. The fraction of sp³-hybridized carbons (Fsp3) is 0.647. The zero-order valence-electron chi connectivity index (χ0n) is 15.1. The Morgan fingerprint density at radius 1 is 1.37 bits per heavy atom. The van der Waals surface area contributed by atoms with Gasteiger partial charge in [0.25, 0.3) is 0 Å². The van der Waals surface area contributed by atoms with Gasteiger partial charge in [0.1, 0.15) is 18.1 Å². The van der Waals surface area contributed by atoms with Crippen LogP contribution in [0.2, 0.25) is 0 Å². The Hall–Kier alpha value is -2.07. The van der Waals surface area contributed by atoms with E-state index in [2.05, 4.69) is 10.2 Å². The average Bonchev–Trinajstić information content (AvgIpc) is 2.98. The number of nitrogens with one attached hydrogen (secondary N) is 1. The maximum absolute atomic E-state index is 11.3. The van der Waals surface area contributed by atoms with Crippen molar-refractivity contribution in [1.82, 2.24) is 10.2 Å². The van der Waals surface area contributed by atoms with Gasteiger partial charge in [-0.2, -0.15) is 13.2 Å². The monoisotopic (exact) mass is 392 g/mol. The molecule has 10 heteroatoms. The number of piperidine rings is 1. The van der Waals surface area contributed by atoms with Gasteiger partial charge in [0, 0.05) is 13.1 Å². The van der Waals surface area contributed by atoms with E-state index in [0.29, 0.717) is 0 Å². The number of furan rings is 1. The number of ether oxygens (including phenoxy) is 1. The molecule has 1 atom stereocenters. The Kier molecular flexibility index (Phi) is 6.53. The van der Waals surface area contributed by atoms with E-state index in [1.54, 1.807) is 0 Å². The molecule has 1 unspecified atom stereocenters. The lowest BCUT2D eigenvalue weighted by atomic mass is 9.83. The van der Waals surface area contributed by atoms with Crippen LogP contribution in [-0.2, 0) is 20.9 Å². The van der Waals surface area contributed by atoms with E-state index < -0.39 is 12.1 Å². The van der Waals surface area contributed by atoms with Gasteiger partial charge < -0.3 is 19.6 Å². The van der Waals surface area contributed by atoms with E-state index in [4.69, 9.17) is 19.1 Å². The quantitative estimate of drug-likeness (QED) is 0.801. The summed E-state index contributed by atoms with van der Waals surface area (Å²) in [5.41, 5.74) is -0.177. The minimum atomic E-state index is -5.08. The number of aliphatic carboxylic acids is 1. The Morgan fingerprint density at radius 2 is 1.96 bits per heavy atom. The van der Waals surface area contributed by atoms with Crippen LogP contribution in [0.5, 0.6) is 0 Å². The number of morpholine rings is 1. The summed E-state index contributed by atoms with van der Waals surface area (Å²) in [6.07, 6.45) is -3.18. The SMILES string of the molecule is Cc1ccc(CN2CCC3(CC2)OCC(=O)NC3C)o1.O=C(O)C(F)(F)F. The molecule has 1 amide bonds. The summed E-state index contributed by atoms with van der Waals surface area (Å²) in [7, 11) is 0. The van der Waals surface area contributed by atoms with Gasteiger partial charge in [0.05, 0.1) is 18.2 Å². The summed E-state index contributed by atoms with van der Waals surface area (Å²) in [5, 5.41) is 10.1. The zero-order valence-corrected chi connectivity index (χ0v) is 15.1. The molecule has 0 bridgehead atoms. The number of carboxylic acid groups (broad SMARTS) is 1. The Balaban J connectivity index is 0.000000321. The number of amides is 1. The van der Waals surface area contributed by atoms with Crippen molar-refractivity contribution in [3.05, 3.63) is 23.7 Å². The maximum Gasteiger partial charge on any atom is 0.490 e. The first-order valence-corrected chi connectivity index (χ1v) is 8.53. The molecule has 2 N–H and O–H groups in total. The van der Waals surface area contributed by atoms with E-state index in [1.807, 2.05) is 26.0 Å². The molecule has 3 rings (SSSR count). The Morgan fingerprint density at radius 3 is 2.41 bits per heavy atom. The lowest BCUT2D eigenvalue weighted by Gasteiger charge is -2.47. The minimum absolute atomic E-state index is 0.00313. The number of likely N-dealkylation sites (tertiary alicyclic amines) is 1. The van der Waals surface area contributed by atoms with Gasteiger partial charge in [0.2, 0.25) is 5.91 Å². The first-order valence-electron chi connectivity index (χ1n) is 8.53. The van der Waals surface area contributed by atoms with Gasteiger partial charge in [-0.25, -0.2) is 4.79 Å². The third-order valence-corrected chi connectivity index (χ3v) is 4.78. The molecule has 0 aromatic carbocycles. The number of nitrogens with zero attached hydrogens (tertiary/aromatic N) is 1. The summed E-state index contributed by atoms with van der Waals surface area (Å²) >= 11 is 0. The molecule has 1 aromatic rings. The topological polar surface area (TPSA) is 92.0 Å². The molecule has 152 valence electrons. The summed E-state index contributed by atoms with van der Waals surface area (Å²) < 4.78 is 43.2. The first-order chi connectivity index (χ1) is 12.5. The highest BCUT2D eigenvalue weighted by Gasteiger charge is 2.44. The van der Waals surface area contributed by atoms with Crippen LogP contribution >= 0.6 is 0 Å². The molecule has 0 saturated carbocycles. The van der Waals surface area contributed by atoms with Crippen molar-refractivity contribution >= 4 is 11.9 Å². The van der Waals surface area contributed by atoms with Crippen LogP contribution in [0.15, 0.2) is 16.5 Å². The number of carbonyl (C=O) groups is 2. The molecule has 7 nitrogen and oxygen atoms in total. The van der Waals surface area contributed by atoms with Gasteiger partial charge in [-0.15, -0.1) is 0 Å². The number of halogens is 3. The molecule has 1 aromatic heterocycles. The standard InChI is InChI=1S/C15H22N2O3.C2HF3O2/c1-11-3-4-13(20-11)9-17-7-5-15(6-8-17)12(2)16-14(18)10-19-15;3-2(4,5)1(6)7/h3-4,12H,5-10H2,1-2H3,(H,16,18);(H,6,7). The molecule has 1 spiro atoms. The summed E-state index contributed by atoms with van der Waals surface area (Å²) in [6, 6.07) is 4.14. The largest absolute Gasteiger partial charge is 0.490 e. The van der Waals surface area contributed by atoms with Crippen molar-refractivity contribution in [3.8, 4) is 0 Å². The Labute approximate surface area is 154 Å². The highest BCUT2D eigenvalue weighted by Crippen LogP contribution is 2.32. The van der Waals surface area contributed by atoms with Crippen LogP contribution in [0.25, 0.3) is 0 Å². The smallest absolute Gasteiger partial charge is 0.475 e. The van der Waals surface area contributed by atoms with E-state index >= 15 is 0 Å². The van der Waals surface area contributed by atoms with E-state index in [-0.39, 0.29) is 24.2 Å². The summed E-state index contributed by atoms with van der Waals surface area (Å²) in [6.45, 7) is 7.00. The molecule has 0 radical (unpaired) electrons. The van der Waals surface area contributed by atoms with Crippen LogP contribution in [0, 0.1) is 6.92 Å². The maximum atomic E-state index is 11.3. The lowest BCUT2D eigenvalue weighted by Crippen LogP contribution is -2.62. The van der Waals surface area contributed by atoms with Crippen molar-refractivity contribution in [2.45, 2.75) is 51.1 Å². The number of carbonyl (C=O) groups excluding carboxylic acids is 1. The number of aryl methyl sites for hydroxylation is 1. The van der Waals surface area contributed by atoms with Gasteiger partial charge >= 0.3 is 12.1 Å². The second kappa shape index (κ2) is 8.30. The highest BCUT2D eigenvalue weighted by atomic mass is 19.4. The summed E-state index contributed by atoms with van der Waals surface area (Å²) in [5.74, 6) is -0.783. The molecule has 3 heterocycles. The van der Waals surface area contributed by atoms with Crippen LogP contribution in [0.4, 0.5) is 13.2 Å². The third kappa shape index (κ3) is 5.70. The molecule has 27 heavy (non-hydrogen) atoms. The second-order valence-corrected chi connectivity index (χ2v) is 6.73. The van der Waals surface area contributed by atoms with Gasteiger partial charge in [0.15, 0.2) is 0 Å². The second-order valence-electron chi connectivity index (χ2n) is 6.73. The fourth-order valence-electron chi connectivity index (χ4n) is 3.21. The fourth-order valence-corrected chi connectivity index (χ4v) is 3.21. The predicted octanol–water partition coefficient (Wildman–Crippen LogP) is 2.09. The average molecular weight is 392 g/mol. The van der Waals surface area contributed by atoms with Crippen molar-refractivity contribution in [1.29, 1.82) is 0 Å². The van der Waals surface area contributed by atoms with E-state index in [9.17, 15) is 18.0 Å². The van der Waals surface area contributed by atoms with Gasteiger partial charge in [-0.05, 0) is 38.8 Å². The number of hydrogen-bond donors (Lipinski definition) is 2. The molecule has 0 aliphatic carbocycles. The van der Waals surface area contributed by atoms with Crippen LogP contribution < -0.4 is 5.32 Å². The van der Waals surface area contributed by atoms with Crippen molar-refractivity contribution in [3.63, 3.8) is 0 Å². The van der Waals surface area contributed by atoms with Crippen molar-refractivity contribution < 1.29 is 37.0 Å². The lowest BCUT2D eigenvalue weighted by molar-refractivity contribution is -0.192. The molecule has 2 saturated heterocycles. The van der Waals surface area contributed by atoms with E-state index in [1.165, 1.54) is 0 Å². The molecular weight excluding hydrogens is 369 g/mol. The third-order valence-electron chi connectivity index (χ3n) is 4.78. The minimum Gasteiger partial charge on any atom is -0.475 e. The Bertz CT molecular complexity index is 666. The first kappa shape index (κ1) is 21.2. The number of alkyl halides is 3. The number of hydrogen-bond acceptors (Lipinski definition) is 5. The van der Waals surface area contributed by atoms with Gasteiger partial charge in [-0.1, -0.05) is 0 Å². The molecule has 2 aliphatic heterocycles. The highest BCUT2D eigenvalue weighted by molar-refractivity contribution is 5.78. The van der Waals surface area contributed by atoms with Crippen molar-refractivity contribution in [2.75, 3.05) is 19.7 Å². The van der Waals surface area contributed by atoms with Gasteiger partial charge in [-0.3, -0.25) is 9.69 Å². The molecule has 2 aliphatic rings. The predicted molar refractivity (Wildman–Crippen MR) is 87.9 cm³/mol. The van der Waals surface area contributed by atoms with Crippen LogP contribution in [0.3, 0.4) is 0 Å². The normalized spacial score (nSPS) is 22.7. The van der Waals surface area contributed by atoms with Crippen molar-refractivity contribution in [2.24, 2.45) is 0 Å².